The molecule has 0 saturated carbocycles. The molecular formula is C29H37N2O5+. The van der Waals surface area contributed by atoms with Crippen molar-refractivity contribution in [3.63, 3.8) is 0 Å². The van der Waals surface area contributed by atoms with Crippen LogP contribution in [0.2, 0.25) is 0 Å². The van der Waals surface area contributed by atoms with Gasteiger partial charge in [-0.15, -0.1) is 0 Å². The van der Waals surface area contributed by atoms with Gasteiger partial charge in [-0.3, -0.25) is 9.59 Å². The van der Waals surface area contributed by atoms with Crippen LogP contribution in [0.3, 0.4) is 0 Å². The molecule has 2 aliphatic rings. The summed E-state index contributed by atoms with van der Waals surface area (Å²) in [6.45, 7) is 11.2. The van der Waals surface area contributed by atoms with Gasteiger partial charge in [0.05, 0.1) is 38.5 Å². The number of ether oxygens (including phenoxy) is 2. The lowest BCUT2D eigenvalue weighted by molar-refractivity contribution is -0.908. The van der Waals surface area contributed by atoms with Gasteiger partial charge in [0.25, 0.3) is 11.7 Å². The summed E-state index contributed by atoms with van der Waals surface area (Å²) in [6, 6.07) is 14.2. The molecule has 2 aromatic rings. The van der Waals surface area contributed by atoms with E-state index in [0.717, 1.165) is 50.4 Å². The first-order valence-corrected chi connectivity index (χ1v) is 12.7. The number of amides is 1. The Hall–Kier alpha value is -3.16. The van der Waals surface area contributed by atoms with E-state index in [1.54, 1.807) is 36.3 Å². The predicted molar refractivity (Wildman–Crippen MR) is 138 cm³/mol. The van der Waals surface area contributed by atoms with Crippen LogP contribution in [0.1, 0.15) is 49.9 Å². The third-order valence-corrected chi connectivity index (χ3v) is 7.13. The van der Waals surface area contributed by atoms with Gasteiger partial charge in [-0.05, 0) is 40.8 Å². The molecule has 0 unspecified atom stereocenters. The lowest BCUT2D eigenvalue weighted by Gasteiger charge is -2.28. The lowest BCUT2D eigenvalue weighted by atomic mass is 9.85. The fraction of sp³-hybridized carbons (Fsp3) is 0.448. The number of Topliss-reactive ketones (excluding diaryl/α,β-unsaturated/α-hetero) is 1. The molecular weight excluding hydrogens is 456 g/mol. The first-order valence-electron chi connectivity index (χ1n) is 12.7. The van der Waals surface area contributed by atoms with Crippen LogP contribution in [0.4, 0.5) is 0 Å². The van der Waals surface area contributed by atoms with Gasteiger partial charge in [0, 0.05) is 18.5 Å². The first-order chi connectivity index (χ1) is 17.2. The quantitative estimate of drug-likeness (QED) is 0.352. The summed E-state index contributed by atoms with van der Waals surface area (Å²) in [6.07, 6.45) is 0.765. The highest BCUT2D eigenvalue weighted by atomic mass is 16.5. The van der Waals surface area contributed by atoms with Gasteiger partial charge >= 0.3 is 0 Å². The number of carbonyl (C=O) groups excluding carboxylic acids is 2. The number of methoxy groups -OCH3 is 1. The number of hydrogen-bond acceptors (Lipinski definition) is 5. The van der Waals surface area contributed by atoms with E-state index in [9.17, 15) is 14.7 Å². The van der Waals surface area contributed by atoms with Gasteiger partial charge in [-0.2, -0.15) is 0 Å². The summed E-state index contributed by atoms with van der Waals surface area (Å²) in [5.74, 6) is -0.729. The van der Waals surface area contributed by atoms with Crippen molar-refractivity contribution in [1.29, 1.82) is 0 Å². The third kappa shape index (κ3) is 5.47. The highest BCUT2D eigenvalue weighted by Gasteiger charge is 2.46. The Balaban J connectivity index is 1.68. The molecule has 192 valence electrons. The zero-order valence-corrected chi connectivity index (χ0v) is 21.7. The summed E-state index contributed by atoms with van der Waals surface area (Å²) in [7, 11) is 1.57. The normalized spacial score (nSPS) is 20.7. The number of quaternary nitrogens is 1. The summed E-state index contributed by atoms with van der Waals surface area (Å²) in [5.41, 5.74) is 2.56. The Morgan fingerprint density at radius 3 is 2.28 bits per heavy atom. The molecule has 2 saturated heterocycles. The number of likely N-dealkylation sites (tertiary alicyclic amines) is 1. The fourth-order valence-electron chi connectivity index (χ4n) is 4.94. The Bertz CT molecular complexity index is 1110. The van der Waals surface area contributed by atoms with E-state index < -0.39 is 17.7 Å². The maximum atomic E-state index is 13.3. The van der Waals surface area contributed by atoms with Gasteiger partial charge < -0.3 is 24.4 Å². The molecule has 4 rings (SSSR count). The Labute approximate surface area is 213 Å². The number of benzene rings is 2. The standard InChI is InChI=1S/C29H36N2O5/c1-29(2,3)22-10-6-20(7-11-22)25-24(26(32)21-8-12-23(35-4)13-9-21)27(33)28(34)31(25)15-5-14-30-16-18-36-19-17-30/h6-13,25,32H,5,14-19H2,1-4H3/p+1/t25-/m1/s1. The van der Waals surface area contributed by atoms with E-state index >= 15 is 0 Å². The zero-order chi connectivity index (χ0) is 25.9. The molecule has 0 radical (unpaired) electrons. The number of ketones is 1. The Kier molecular flexibility index (Phi) is 7.81. The van der Waals surface area contributed by atoms with Crippen LogP contribution in [-0.4, -0.2) is 68.2 Å². The number of aliphatic hydroxyl groups excluding tert-OH is 1. The minimum Gasteiger partial charge on any atom is -0.507 e. The predicted octanol–water partition coefficient (Wildman–Crippen LogP) is 2.72. The van der Waals surface area contributed by atoms with Gasteiger partial charge in [0.15, 0.2) is 0 Å². The fourth-order valence-corrected chi connectivity index (χ4v) is 4.94. The van der Waals surface area contributed by atoms with Crippen LogP contribution in [0.5, 0.6) is 5.75 Å². The van der Waals surface area contributed by atoms with Crippen LogP contribution < -0.4 is 9.64 Å². The molecule has 7 nitrogen and oxygen atoms in total. The number of aliphatic hydroxyl groups is 1. The molecule has 2 aromatic carbocycles. The summed E-state index contributed by atoms with van der Waals surface area (Å²) in [4.78, 5) is 29.6. The van der Waals surface area contributed by atoms with Crippen molar-refractivity contribution in [2.45, 2.75) is 38.6 Å². The van der Waals surface area contributed by atoms with Gasteiger partial charge in [0.2, 0.25) is 0 Å². The van der Waals surface area contributed by atoms with Gasteiger partial charge in [0.1, 0.15) is 24.6 Å². The number of morpholine rings is 1. The second-order valence-electron chi connectivity index (χ2n) is 10.6. The molecule has 2 aliphatic heterocycles. The van der Waals surface area contributed by atoms with Crippen molar-refractivity contribution in [2.24, 2.45) is 0 Å². The average Bonchev–Trinajstić information content (AvgIpc) is 3.13. The molecule has 0 aliphatic carbocycles. The highest BCUT2D eigenvalue weighted by molar-refractivity contribution is 6.46. The maximum absolute atomic E-state index is 13.3. The minimum absolute atomic E-state index is 0.0234. The van der Waals surface area contributed by atoms with Crippen LogP contribution in [0.15, 0.2) is 54.1 Å². The van der Waals surface area contributed by atoms with Crippen LogP contribution in [-0.2, 0) is 19.7 Å². The van der Waals surface area contributed by atoms with E-state index in [1.165, 1.54) is 4.90 Å². The van der Waals surface area contributed by atoms with E-state index in [2.05, 4.69) is 20.8 Å². The monoisotopic (exact) mass is 493 g/mol. The molecule has 1 atom stereocenters. The molecule has 36 heavy (non-hydrogen) atoms. The Morgan fingerprint density at radius 1 is 1.06 bits per heavy atom. The second kappa shape index (κ2) is 10.8. The largest absolute Gasteiger partial charge is 0.507 e. The summed E-state index contributed by atoms with van der Waals surface area (Å²) >= 11 is 0. The van der Waals surface area contributed by atoms with E-state index in [1.807, 2.05) is 24.3 Å². The smallest absolute Gasteiger partial charge is 0.295 e. The summed E-state index contributed by atoms with van der Waals surface area (Å²) in [5, 5.41) is 11.3. The minimum atomic E-state index is -0.646. The van der Waals surface area contributed by atoms with E-state index in [0.29, 0.717) is 17.9 Å². The van der Waals surface area contributed by atoms with Crippen molar-refractivity contribution >= 4 is 17.4 Å². The molecule has 1 amide bonds. The number of carbonyl (C=O) groups is 2. The number of hydrogen-bond donors (Lipinski definition) is 2. The van der Waals surface area contributed by atoms with Crippen molar-refractivity contribution in [2.75, 3.05) is 46.5 Å². The van der Waals surface area contributed by atoms with Crippen molar-refractivity contribution in [3.05, 3.63) is 70.8 Å². The van der Waals surface area contributed by atoms with Crippen LogP contribution in [0.25, 0.3) is 5.76 Å². The molecule has 2 heterocycles. The molecule has 2 N–H and O–H groups in total. The topological polar surface area (TPSA) is 80.5 Å². The second-order valence-corrected chi connectivity index (χ2v) is 10.6. The van der Waals surface area contributed by atoms with Crippen molar-refractivity contribution < 1.29 is 29.1 Å². The zero-order valence-electron chi connectivity index (χ0n) is 21.7. The van der Waals surface area contributed by atoms with Crippen molar-refractivity contribution in [1.82, 2.24) is 4.90 Å². The average molecular weight is 494 g/mol. The van der Waals surface area contributed by atoms with Gasteiger partial charge in [-0.1, -0.05) is 45.0 Å². The SMILES string of the molecule is COc1ccc(C(O)=C2C(=O)C(=O)N(CCC[NH+]3CCOCC3)[C@@H]2c2ccc(C(C)(C)C)cc2)cc1. The maximum Gasteiger partial charge on any atom is 0.295 e. The first kappa shape index (κ1) is 25.9. The van der Waals surface area contributed by atoms with E-state index in [-0.39, 0.29) is 16.7 Å². The molecule has 0 spiro atoms. The van der Waals surface area contributed by atoms with Crippen LogP contribution >= 0.6 is 0 Å². The van der Waals surface area contributed by atoms with E-state index in [4.69, 9.17) is 9.47 Å². The lowest BCUT2D eigenvalue weighted by Crippen LogP contribution is -3.14. The number of rotatable bonds is 7. The third-order valence-electron chi connectivity index (χ3n) is 7.13. The van der Waals surface area contributed by atoms with Crippen LogP contribution in [0, 0.1) is 0 Å². The molecule has 0 bridgehead atoms. The van der Waals surface area contributed by atoms with Crippen molar-refractivity contribution in [3.8, 4) is 5.75 Å². The Morgan fingerprint density at radius 2 is 1.69 bits per heavy atom. The molecule has 2 fully saturated rings. The highest BCUT2D eigenvalue weighted by Crippen LogP contribution is 2.40. The number of nitrogens with one attached hydrogen (secondary N) is 1. The number of nitrogens with zero attached hydrogens (tertiary/aromatic N) is 1. The summed E-state index contributed by atoms with van der Waals surface area (Å²) < 4.78 is 10.7. The van der Waals surface area contributed by atoms with Gasteiger partial charge in [-0.25, -0.2) is 0 Å². The molecule has 0 aromatic heterocycles. The molecule has 7 heteroatoms.